The molecule has 0 radical (unpaired) electrons. The van der Waals surface area contributed by atoms with Crippen molar-refractivity contribution in [3.05, 3.63) is 76.5 Å². The normalized spacial score (nSPS) is 19.6. The Bertz CT molecular complexity index is 1030. The Morgan fingerprint density at radius 2 is 1.76 bits per heavy atom. The number of benzene rings is 2. The Balaban J connectivity index is 1.74. The first-order valence-electron chi connectivity index (χ1n) is 9.00. The van der Waals surface area contributed by atoms with Gasteiger partial charge < -0.3 is 10.2 Å². The van der Waals surface area contributed by atoms with Gasteiger partial charge in [-0.3, -0.25) is 9.69 Å². The predicted molar refractivity (Wildman–Crippen MR) is 101 cm³/mol. The van der Waals surface area contributed by atoms with E-state index >= 15 is 0 Å². The summed E-state index contributed by atoms with van der Waals surface area (Å²) in [6.07, 6.45) is -4.51. The number of carbonyl (C=O) groups excluding carboxylic acids is 2. The van der Waals surface area contributed by atoms with Crippen molar-refractivity contribution in [3.63, 3.8) is 0 Å². The number of carbonyl (C=O) groups is 2. The molecule has 0 spiro atoms. The zero-order valence-electron chi connectivity index (χ0n) is 15.7. The first-order valence-corrected chi connectivity index (χ1v) is 9.00. The van der Waals surface area contributed by atoms with Crippen LogP contribution >= 0.6 is 0 Å². The minimum atomic E-state index is -4.51. The van der Waals surface area contributed by atoms with Crippen LogP contribution < -0.4 is 10.2 Å². The fraction of sp³-hybridized carbons (Fsp3) is 0.238. The average Bonchev–Trinajstić information content (AvgIpc) is 3.03. The third-order valence-electron chi connectivity index (χ3n) is 5.26. The number of alkyl halides is 3. The Labute approximate surface area is 165 Å². The van der Waals surface area contributed by atoms with Crippen LogP contribution in [0.4, 0.5) is 23.7 Å². The van der Waals surface area contributed by atoms with Crippen molar-refractivity contribution in [1.29, 1.82) is 0 Å². The van der Waals surface area contributed by atoms with E-state index in [1.165, 1.54) is 21.9 Å². The van der Waals surface area contributed by atoms with Gasteiger partial charge >= 0.3 is 12.2 Å². The van der Waals surface area contributed by atoms with E-state index in [1.807, 2.05) is 31.2 Å². The lowest BCUT2D eigenvalue weighted by atomic mass is 9.95. The second kappa shape index (κ2) is 6.65. The van der Waals surface area contributed by atoms with Crippen LogP contribution in [0.5, 0.6) is 0 Å². The summed E-state index contributed by atoms with van der Waals surface area (Å²) in [4.78, 5) is 28.3. The van der Waals surface area contributed by atoms with Gasteiger partial charge in [0, 0.05) is 12.7 Å². The highest BCUT2D eigenvalue weighted by Crippen LogP contribution is 2.39. The fourth-order valence-electron chi connectivity index (χ4n) is 3.64. The zero-order chi connectivity index (χ0) is 20.9. The van der Waals surface area contributed by atoms with Crippen LogP contribution in [0.3, 0.4) is 0 Å². The van der Waals surface area contributed by atoms with Gasteiger partial charge in [0.05, 0.1) is 29.4 Å². The average molecular weight is 401 g/mol. The third-order valence-corrected chi connectivity index (χ3v) is 5.26. The molecule has 0 saturated heterocycles. The number of amides is 3. The zero-order valence-corrected chi connectivity index (χ0v) is 15.7. The molecule has 0 bridgehead atoms. The standard InChI is InChI=1S/C21H18F3N3O2/c1-12-6-8-13(9-7-12)18-17-16(26(2)20(29)25-18)11-27(19(17)28)15-5-3-4-14(10-15)21(22,23)24/h3-10,18H,11H2,1-2H3,(H,25,29)/t18-/m1/s1. The van der Waals surface area contributed by atoms with E-state index < -0.39 is 23.7 Å². The topological polar surface area (TPSA) is 52.7 Å². The molecule has 0 aliphatic carbocycles. The number of aryl methyl sites for hydroxylation is 1. The van der Waals surface area contributed by atoms with Crippen molar-refractivity contribution in [2.24, 2.45) is 0 Å². The van der Waals surface area contributed by atoms with E-state index in [9.17, 15) is 22.8 Å². The molecule has 0 aromatic heterocycles. The highest BCUT2D eigenvalue weighted by atomic mass is 19.4. The van der Waals surface area contributed by atoms with Crippen LogP contribution in [0, 0.1) is 6.92 Å². The molecule has 29 heavy (non-hydrogen) atoms. The van der Waals surface area contributed by atoms with Gasteiger partial charge in [-0.05, 0) is 30.7 Å². The van der Waals surface area contributed by atoms with E-state index in [-0.39, 0.29) is 18.3 Å². The monoisotopic (exact) mass is 401 g/mol. The molecule has 0 fully saturated rings. The molecule has 0 saturated carbocycles. The highest BCUT2D eigenvalue weighted by Gasteiger charge is 2.43. The van der Waals surface area contributed by atoms with Crippen LogP contribution in [0.1, 0.15) is 22.7 Å². The molecule has 8 heteroatoms. The smallest absolute Gasteiger partial charge is 0.327 e. The summed E-state index contributed by atoms with van der Waals surface area (Å²) >= 11 is 0. The maximum atomic E-state index is 13.2. The number of rotatable bonds is 2. The summed E-state index contributed by atoms with van der Waals surface area (Å²) in [6, 6.07) is 11.0. The number of anilines is 1. The van der Waals surface area contributed by atoms with Crippen LogP contribution in [-0.2, 0) is 11.0 Å². The van der Waals surface area contributed by atoms with Gasteiger partial charge in [0.15, 0.2) is 0 Å². The quantitative estimate of drug-likeness (QED) is 0.827. The molecule has 3 amide bonds. The van der Waals surface area contributed by atoms with Crippen LogP contribution in [-0.4, -0.2) is 30.4 Å². The van der Waals surface area contributed by atoms with Gasteiger partial charge in [-0.15, -0.1) is 0 Å². The summed E-state index contributed by atoms with van der Waals surface area (Å²) in [5.74, 6) is -0.420. The summed E-state index contributed by atoms with van der Waals surface area (Å²) in [7, 11) is 1.54. The van der Waals surface area contributed by atoms with E-state index in [4.69, 9.17) is 0 Å². The number of halogens is 3. The van der Waals surface area contributed by atoms with Crippen LogP contribution in [0.15, 0.2) is 59.8 Å². The lowest BCUT2D eigenvalue weighted by Crippen LogP contribution is -2.45. The fourth-order valence-corrected chi connectivity index (χ4v) is 3.64. The Hall–Kier alpha value is -3.29. The molecule has 0 unspecified atom stereocenters. The number of likely N-dealkylation sites (N-methyl/N-ethyl adjacent to an activating group) is 1. The summed E-state index contributed by atoms with van der Waals surface area (Å²) in [5.41, 5.74) is 1.94. The van der Waals surface area contributed by atoms with Gasteiger partial charge in [0.2, 0.25) is 0 Å². The maximum absolute atomic E-state index is 13.2. The summed E-state index contributed by atoms with van der Waals surface area (Å²) in [6.45, 7) is 1.96. The van der Waals surface area contributed by atoms with Gasteiger partial charge in [0.1, 0.15) is 0 Å². The second-order valence-corrected chi connectivity index (χ2v) is 7.15. The highest BCUT2D eigenvalue weighted by molar-refractivity contribution is 6.11. The van der Waals surface area contributed by atoms with E-state index in [0.717, 1.165) is 23.3 Å². The number of hydrogen-bond donors (Lipinski definition) is 1. The number of hydrogen-bond acceptors (Lipinski definition) is 2. The molecule has 2 aliphatic rings. The molecule has 1 atom stereocenters. The van der Waals surface area contributed by atoms with E-state index in [2.05, 4.69) is 5.32 Å². The molecule has 5 nitrogen and oxygen atoms in total. The van der Waals surface area contributed by atoms with E-state index in [0.29, 0.717) is 11.3 Å². The van der Waals surface area contributed by atoms with Crippen molar-refractivity contribution in [3.8, 4) is 0 Å². The Morgan fingerprint density at radius 3 is 2.41 bits per heavy atom. The lowest BCUT2D eigenvalue weighted by molar-refractivity contribution is -0.137. The van der Waals surface area contributed by atoms with Crippen molar-refractivity contribution >= 4 is 17.6 Å². The van der Waals surface area contributed by atoms with Gasteiger partial charge in [-0.1, -0.05) is 35.9 Å². The van der Waals surface area contributed by atoms with E-state index in [1.54, 1.807) is 7.05 Å². The number of nitrogens with zero attached hydrogens (tertiary/aromatic N) is 2. The SMILES string of the molecule is Cc1ccc([C@H]2NC(=O)N(C)C3=C2C(=O)N(c2cccc(C(F)(F)F)c2)C3)cc1. The molecule has 1 N–H and O–H groups in total. The maximum Gasteiger partial charge on any atom is 0.416 e. The first kappa shape index (κ1) is 19.0. The summed E-state index contributed by atoms with van der Waals surface area (Å²) < 4.78 is 39.3. The molecule has 2 heterocycles. The molecule has 150 valence electrons. The van der Waals surface area contributed by atoms with Crippen LogP contribution in [0.2, 0.25) is 0 Å². The van der Waals surface area contributed by atoms with Crippen LogP contribution in [0.25, 0.3) is 0 Å². The molecule has 4 rings (SSSR count). The molecule has 2 aliphatic heterocycles. The third kappa shape index (κ3) is 3.24. The Kier molecular flexibility index (Phi) is 4.37. The van der Waals surface area contributed by atoms with Crippen molar-refractivity contribution in [2.45, 2.75) is 19.1 Å². The number of urea groups is 1. The molecular formula is C21H18F3N3O2. The second-order valence-electron chi connectivity index (χ2n) is 7.15. The van der Waals surface area contributed by atoms with Crippen molar-refractivity contribution in [1.82, 2.24) is 10.2 Å². The van der Waals surface area contributed by atoms with Crippen molar-refractivity contribution in [2.75, 3.05) is 18.5 Å². The Morgan fingerprint density at radius 1 is 1.07 bits per heavy atom. The molecule has 2 aromatic carbocycles. The first-order chi connectivity index (χ1) is 13.7. The predicted octanol–water partition coefficient (Wildman–Crippen LogP) is 4.01. The number of nitrogens with one attached hydrogen (secondary N) is 1. The minimum absolute atomic E-state index is 0.0295. The lowest BCUT2D eigenvalue weighted by Gasteiger charge is -2.31. The molecular weight excluding hydrogens is 383 g/mol. The van der Waals surface area contributed by atoms with Crippen molar-refractivity contribution < 1.29 is 22.8 Å². The summed E-state index contributed by atoms with van der Waals surface area (Å²) in [5, 5.41) is 2.81. The minimum Gasteiger partial charge on any atom is -0.327 e. The van der Waals surface area contributed by atoms with Gasteiger partial charge in [-0.2, -0.15) is 13.2 Å². The molecule has 2 aromatic rings. The largest absolute Gasteiger partial charge is 0.416 e. The van der Waals surface area contributed by atoms with Gasteiger partial charge in [0.25, 0.3) is 5.91 Å². The van der Waals surface area contributed by atoms with Gasteiger partial charge in [-0.25, -0.2) is 4.79 Å².